The van der Waals surface area contributed by atoms with Gasteiger partial charge in [-0.05, 0) is 37.6 Å². The number of benzene rings is 2. The lowest BCUT2D eigenvalue weighted by Crippen LogP contribution is -2.29. The largest absolute Gasteiger partial charge is 0.307 e. The van der Waals surface area contributed by atoms with Crippen LogP contribution in [0.15, 0.2) is 47.3 Å². The fraction of sp³-hybridized carbons (Fsp3) is 0.222. The van der Waals surface area contributed by atoms with Crippen LogP contribution in [0.1, 0.15) is 24.7 Å². The highest BCUT2D eigenvalue weighted by atomic mass is 35.5. The molecule has 0 radical (unpaired) electrons. The Morgan fingerprint density at radius 2 is 2.08 bits per heavy atom. The van der Waals surface area contributed by atoms with E-state index in [9.17, 15) is 14.9 Å². The molecule has 132 valence electrons. The number of rotatable bonds is 3. The number of nitro benzene ring substituents is 1. The van der Waals surface area contributed by atoms with Crippen LogP contribution in [0.25, 0.3) is 16.6 Å². The zero-order chi connectivity index (χ0) is 18.3. The third kappa shape index (κ3) is 2.75. The highest BCUT2D eigenvalue weighted by molar-refractivity contribution is 6.32. The zero-order valence-electron chi connectivity index (χ0n) is 13.7. The molecule has 7 nitrogen and oxygen atoms in total. The Balaban J connectivity index is 2.06. The summed E-state index contributed by atoms with van der Waals surface area (Å²) in [6.45, 7) is 0.849. The molecule has 1 aliphatic rings. The van der Waals surface area contributed by atoms with Gasteiger partial charge in [-0.25, -0.2) is 4.98 Å². The van der Waals surface area contributed by atoms with Gasteiger partial charge in [0.2, 0.25) is 0 Å². The molecule has 0 aliphatic carbocycles. The Morgan fingerprint density at radius 3 is 2.77 bits per heavy atom. The summed E-state index contributed by atoms with van der Waals surface area (Å²) in [5.41, 5.74) is 0.445. The van der Waals surface area contributed by atoms with Crippen LogP contribution in [0, 0.1) is 10.1 Å². The Hall–Kier alpha value is -2.77. The molecule has 1 fully saturated rings. The molecule has 26 heavy (non-hydrogen) atoms. The first-order valence-corrected chi connectivity index (χ1v) is 8.63. The van der Waals surface area contributed by atoms with E-state index < -0.39 is 4.92 Å². The number of aromatic nitrogens is 2. The molecule has 1 unspecified atom stereocenters. The Kier molecular flexibility index (Phi) is 4.18. The van der Waals surface area contributed by atoms with E-state index in [1.54, 1.807) is 24.3 Å². The van der Waals surface area contributed by atoms with Gasteiger partial charge in [-0.15, -0.1) is 0 Å². The molecule has 8 heteroatoms. The second-order valence-electron chi connectivity index (χ2n) is 6.17. The van der Waals surface area contributed by atoms with Crippen molar-refractivity contribution in [1.29, 1.82) is 0 Å². The number of halogens is 1. The summed E-state index contributed by atoms with van der Waals surface area (Å²) < 4.78 is 1.47. The maximum Gasteiger partial charge on any atom is 0.270 e. The normalized spacial score (nSPS) is 16.9. The lowest BCUT2D eigenvalue weighted by Gasteiger charge is -2.19. The summed E-state index contributed by atoms with van der Waals surface area (Å²) in [4.78, 5) is 28.5. The van der Waals surface area contributed by atoms with Gasteiger partial charge in [-0.2, -0.15) is 0 Å². The van der Waals surface area contributed by atoms with Crippen LogP contribution in [-0.4, -0.2) is 21.0 Å². The number of hydrogen-bond donors (Lipinski definition) is 1. The van der Waals surface area contributed by atoms with Gasteiger partial charge in [0, 0.05) is 12.1 Å². The molecule has 2 aromatic carbocycles. The van der Waals surface area contributed by atoms with Crippen LogP contribution in [0.4, 0.5) is 5.69 Å². The van der Waals surface area contributed by atoms with E-state index in [-0.39, 0.29) is 22.7 Å². The quantitative estimate of drug-likeness (QED) is 0.564. The van der Waals surface area contributed by atoms with Gasteiger partial charge in [0.05, 0.1) is 32.6 Å². The predicted octanol–water partition coefficient (Wildman–Crippen LogP) is 3.37. The van der Waals surface area contributed by atoms with Gasteiger partial charge in [0.15, 0.2) is 0 Å². The van der Waals surface area contributed by atoms with Crippen LogP contribution in [0.5, 0.6) is 0 Å². The lowest BCUT2D eigenvalue weighted by atomic mass is 10.1. The molecule has 1 N–H and O–H groups in total. The van der Waals surface area contributed by atoms with Crippen molar-refractivity contribution >= 4 is 28.2 Å². The molecule has 0 amide bonds. The van der Waals surface area contributed by atoms with Crippen molar-refractivity contribution in [3.8, 4) is 5.69 Å². The first-order valence-electron chi connectivity index (χ1n) is 8.25. The van der Waals surface area contributed by atoms with Crippen molar-refractivity contribution in [2.45, 2.75) is 18.9 Å². The maximum absolute atomic E-state index is 13.2. The van der Waals surface area contributed by atoms with Crippen molar-refractivity contribution in [3.63, 3.8) is 0 Å². The molecule has 0 saturated carbocycles. The molecular formula is C18H15ClN4O3. The monoisotopic (exact) mass is 370 g/mol. The van der Waals surface area contributed by atoms with Crippen LogP contribution in [0.2, 0.25) is 5.02 Å². The van der Waals surface area contributed by atoms with E-state index in [4.69, 9.17) is 11.6 Å². The van der Waals surface area contributed by atoms with Gasteiger partial charge in [0.25, 0.3) is 11.2 Å². The first kappa shape index (κ1) is 16.7. The highest BCUT2D eigenvalue weighted by Crippen LogP contribution is 2.28. The van der Waals surface area contributed by atoms with Gasteiger partial charge in [0.1, 0.15) is 5.82 Å². The highest BCUT2D eigenvalue weighted by Gasteiger charge is 2.25. The van der Waals surface area contributed by atoms with Crippen LogP contribution in [-0.2, 0) is 0 Å². The minimum atomic E-state index is -0.523. The zero-order valence-corrected chi connectivity index (χ0v) is 14.4. The van der Waals surface area contributed by atoms with Crippen molar-refractivity contribution in [1.82, 2.24) is 14.9 Å². The molecule has 0 spiro atoms. The number of para-hydroxylation sites is 1. The number of fused-ring (bicyclic) bond motifs is 1. The summed E-state index contributed by atoms with van der Waals surface area (Å²) in [5.74, 6) is 0.571. The first-order chi connectivity index (χ1) is 12.6. The second-order valence-corrected chi connectivity index (χ2v) is 6.58. The smallest absolute Gasteiger partial charge is 0.270 e. The molecule has 3 aromatic rings. The Labute approximate surface area is 153 Å². The second kappa shape index (κ2) is 6.51. The van der Waals surface area contributed by atoms with Crippen molar-refractivity contribution in [2.24, 2.45) is 0 Å². The van der Waals surface area contributed by atoms with Crippen LogP contribution >= 0.6 is 11.6 Å². The van der Waals surface area contributed by atoms with Gasteiger partial charge in [-0.3, -0.25) is 19.5 Å². The molecule has 1 atom stereocenters. The minimum absolute atomic E-state index is 0.0708. The fourth-order valence-electron chi connectivity index (χ4n) is 3.31. The summed E-state index contributed by atoms with van der Waals surface area (Å²) in [5, 5.41) is 15.0. The molecule has 1 saturated heterocycles. The third-order valence-electron chi connectivity index (χ3n) is 4.55. The third-order valence-corrected chi connectivity index (χ3v) is 4.87. The summed E-state index contributed by atoms with van der Waals surface area (Å²) in [6.07, 6.45) is 1.84. The lowest BCUT2D eigenvalue weighted by molar-refractivity contribution is -0.384. The van der Waals surface area contributed by atoms with E-state index in [1.807, 2.05) is 0 Å². The SMILES string of the molecule is O=c1c2cc([N+](=O)[O-])ccc2nc(C2CCCN2)n1-c1ccccc1Cl. The number of nitrogens with one attached hydrogen (secondary N) is 1. The average molecular weight is 371 g/mol. The van der Waals surface area contributed by atoms with E-state index in [0.29, 0.717) is 22.1 Å². The topological polar surface area (TPSA) is 90.1 Å². The predicted molar refractivity (Wildman–Crippen MR) is 99.0 cm³/mol. The standard InChI is InChI=1S/C18H15ClN4O3/c19-13-4-1-2-6-16(13)22-17(15-5-3-9-20-15)21-14-8-7-11(23(25)26)10-12(14)18(22)24/h1-2,4,6-8,10,15,20H,3,5,9H2. The molecular weight excluding hydrogens is 356 g/mol. The van der Waals surface area contributed by atoms with Crippen molar-refractivity contribution in [3.05, 3.63) is 73.8 Å². The van der Waals surface area contributed by atoms with E-state index in [1.165, 1.54) is 22.8 Å². The molecule has 0 bridgehead atoms. The molecule has 2 heterocycles. The number of nitrogens with zero attached hydrogens (tertiary/aromatic N) is 3. The molecule has 1 aromatic heterocycles. The van der Waals surface area contributed by atoms with E-state index in [0.717, 1.165) is 19.4 Å². The summed E-state index contributed by atoms with van der Waals surface area (Å²) in [7, 11) is 0. The van der Waals surface area contributed by atoms with E-state index in [2.05, 4.69) is 10.3 Å². The van der Waals surface area contributed by atoms with Crippen molar-refractivity contribution < 1.29 is 4.92 Å². The summed E-state index contributed by atoms with van der Waals surface area (Å²) in [6, 6.07) is 11.1. The number of non-ortho nitro benzene ring substituents is 1. The Morgan fingerprint density at radius 1 is 1.27 bits per heavy atom. The van der Waals surface area contributed by atoms with Gasteiger partial charge in [-0.1, -0.05) is 23.7 Å². The Bertz CT molecular complexity index is 1070. The van der Waals surface area contributed by atoms with Gasteiger partial charge >= 0.3 is 0 Å². The van der Waals surface area contributed by atoms with Crippen molar-refractivity contribution in [2.75, 3.05) is 6.54 Å². The number of nitro groups is 1. The maximum atomic E-state index is 13.2. The average Bonchev–Trinajstić information content (AvgIpc) is 3.17. The number of hydrogen-bond acceptors (Lipinski definition) is 5. The minimum Gasteiger partial charge on any atom is -0.307 e. The molecule has 4 rings (SSSR count). The van der Waals surface area contributed by atoms with Gasteiger partial charge < -0.3 is 5.32 Å². The van der Waals surface area contributed by atoms with E-state index >= 15 is 0 Å². The summed E-state index contributed by atoms with van der Waals surface area (Å²) >= 11 is 6.33. The molecule has 1 aliphatic heterocycles. The van der Waals surface area contributed by atoms with Crippen LogP contribution < -0.4 is 10.9 Å². The van der Waals surface area contributed by atoms with Crippen LogP contribution in [0.3, 0.4) is 0 Å². The fourth-order valence-corrected chi connectivity index (χ4v) is 3.53.